The summed E-state index contributed by atoms with van der Waals surface area (Å²) in [4.78, 5) is 21.9. The average molecular weight is 289 g/mol. The Morgan fingerprint density at radius 3 is 2.76 bits per heavy atom. The quantitative estimate of drug-likeness (QED) is 0.903. The maximum absolute atomic E-state index is 13.4. The zero-order valence-corrected chi connectivity index (χ0v) is 11.8. The van der Waals surface area contributed by atoms with Crippen LogP contribution in [0, 0.1) is 5.82 Å². The molecule has 0 aliphatic heterocycles. The lowest BCUT2D eigenvalue weighted by Crippen LogP contribution is -2.29. The summed E-state index contributed by atoms with van der Waals surface area (Å²) >= 11 is 0. The number of carbonyl (C=O) groups excluding carboxylic acids is 1. The van der Waals surface area contributed by atoms with Gasteiger partial charge >= 0.3 is 6.03 Å². The third-order valence-electron chi connectivity index (χ3n) is 2.68. The number of aromatic nitrogens is 2. The molecule has 2 N–H and O–H groups in total. The molecule has 0 aliphatic rings. The summed E-state index contributed by atoms with van der Waals surface area (Å²) in [6, 6.07) is 7.21. The fourth-order valence-corrected chi connectivity index (χ4v) is 1.61. The van der Waals surface area contributed by atoms with Gasteiger partial charge in [-0.1, -0.05) is 12.1 Å². The van der Waals surface area contributed by atoms with Gasteiger partial charge in [0, 0.05) is 20.3 Å². The van der Waals surface area contributed by atoms with Crippen LogP contribution in [0.2, 0.25) is 0 Å². The number of para-hydroxylation sites is 1. The minimum absolute atomic E-state index is 0.123. The van der Waals surface area contributed by atoms with Crippen molar-refractivity contribution >= 4 is 17.5 Å². The molecular weight excluding hydrogens is 273 g/mol. The Morgan fingerprint density at radius 2 is 2.05 bits per heavy atom. The minimum Gasteiger partial charge on any atom is -0.363 e. The van der Waals surface area contributed by atoms with Crippen molar-refractivity contribution in [3.05, 3.63) is 48.2 Å². The molecule has 2 amide bonds. The molecule has 2 aromatic rings. The fourth-order valence-electron chi connectivity index (χ4n) is 1.61. The molecule has 0 spiro atoms. The maximum Gasteiger partial charge on any atom is 0.319 e. The Balaban J connectivity index is 1.92. The molecule has 0 bridgehead atoms. The van der Waals surface area contributed by atoms with Crippen LogP contribution in [0.3, 0.4) is 0 Å². The molecule has 21 heavy (non-hydrogen) atoms. The van der Waals surface area contributed by atoms with Crippen molar-refractivity contribution in [2.45, 2.75) is 6.54 Å². The summed E-state index contributed by atoms with van der Waals surface area (Å²) in [5.41, 5.74) is 0.123. The summed E-state index contributed by atoms with van der Waals surface area (Å²) in [6.07, 6.45) is 1.62. The zero-order chi connectivity index (χ0) is 15.2. The van der Waals surface area contributed by atoms with E-state index in [4.69, 9.17) is 0 Å². The Hall–Kier alpha value is -2.70. The third kappa shape index (κ3) is 4.13. The molecule has 0 unspecified atom stereocenters. The molecule has 7 heteroatoms. The lowest BCUT2D eigenvalue weighted by molar-refractivity contribution is 0.251. The van der Waals surface area contributed by atoms with E-state index in [1.54, 1.807) is 24.4 Å². The third-order valence-corrected chi connectivity index (χ3v) is 2.68. The lowest BCUT2D eigenvalue weighted by atomic mass is 10.3. The first kappa shape index (κ1) is 14.7. The molecule has 1 aromatic heterocycles. The number of urea groups is 1. The van der Waals surface area contributed by atoms with E-state index in [9.17, 15) is 9.18 Å². The minimum atomic E-state index is -0.515. The molecule has 1 heterocycles. The molecule has 2 rings (SSSR count). The van der Waals surface area contributed by atoms with E-state index in [1.807, 2.05) is 19.0 Å². The van der Waals surface area contributed by atoms with E-state index < -0.39 is 11.8 Å². The standard InChI is InChI=1S/C14H16FN5O/c1-20(2)13-7-8-16-12(19-13)9-17-14(21)18-11-6-4-3-5-10(11)15/h3-8H,9H2,1-2H3,(H2,17,18,21). The predicted molar refractivity (Wildman–Crippen MR) is 78.6 cm³/mol. The monoisotopic (exact) mass is 289 g/mol. The highest BCUT2D eigenvalue weighted by atomic mass is 19.1. The van der Waals surface area contributed by atoms with Crippen molar-refractivity contribution in [2.75, 3.05) is 24.3 Å². The van der Waals surface area contributed by atoms with Crippen LogP contribution in [0.4, 0.5) is 20.7 Å². The van der Waals surface area contributed by atoms with Crippen LogP contribution in [0.5, 0.6) is 0 Å². The molecule has 110 valence electrons. The van der Waals surface area contributed by atoms with Crippen molar-refractivity contribution < 1.29 is 9.18 Å². The number of anilines is 2. The van der Waals surface area contributed by atoms with E-state index in [0.29, 0.717) is 5.82 Å². The first-order chi connectivity index (χ1) is 10.1. The van der Waals surface area contributed by atoms with Gasteiger partial charge in [-0.2, -0.15) is 0 Å². The number of carbonyl (C=O) groups is 1. The van der Waals surface area contributed by atoms with Gasteiger partial charge in [0.1, 0.15) is 17.5 Å². The number of amides is 2. The van der Waals surface area contributed by atoms with Gasteiger partial charge in [-0.3, -0.25) is 0 Å². The smallest absolute Gasteiger partial charge is 0.319 e. The number of benzene rings is 1. The molecule has 0 saturated heterocycles. The second kappa shape index (κ2) is 6.65. The molecule has 1 aromatic carbocycles. The van der Waals surface area contributed by atoms with Crippen LogP contribution >= 0.6 is 0 Å². The maximum atomic E-state index is 13.4. The van der Waals surface area contributed by atoms with Gasteiger partial charge in [0.05, 0.1) is 12.2 Å². The highest BCUT2D eigenvalue weighted by Crippen LogP contribution is 2.12. The van der Waals surface area contributed by atoms with Crippen molar-refractivity contribution in [2.24, 2.45) is 0 Å². The summed E-state index contributed by atoms with van der Waals surface area (Å²) in [7, 11) is 3.73. The van der Waals surface area contributed by atoms with E-state index in [1.165, 1.54) is 12.1 Å². The van der Waals surface area contributed by atoms with Crippen LogP contribution in [-0.2, 0) is 6.54 Å². The van der Waals surface area contributed by atoms with E-state index in [2.05, 4.69) is 20.6 Å². The highest BCUT2D eigenvalue weighted by molar-refractivity contribution is 5.89. The molecule has 6 nitrogen and oxygen atoms in total. The normalized spacial score (nSPS) is 10.0. The van der Waals surface area contributed by atoms with Gasteiger partial charge in [-0.15, -0.1) is 0 Å². The molecule has 0 atom stereocenters. The molecule has 0 saturated carbocycles. The predicted octanol–water partition coefficient (Wildman–Crippen LogP) is 2.00. The van der Waals surface area contributed by atoms with Crippen molar-refractivity contribution in [1.82, 2.24) is 15.3 Å². The van der Waals surface area contributed by atoms with Crippen LogP contribution in [0.15, 0.2) is 36.5 Å². The highest BCUT2D eigenvalue weighted by Gasteiger charge is 2.07. The number of halogens is 1. The van der Waals surface area contributed by atoms with E-state index in [0.717, 1.165) is 5.82 Å². The Kier molecular flexibility index (Phi) is 4.65. The van der Waals surface area contributed by atoms with Gasteiger partial charge in [0.2, 0.25) is 0 Å². The van der Waals surface area contributed by atoms with Gasteiger partial charge in [0.15, 0.2) is 0 Å². The van der Waals surface area contributed by atoms with Crippen molar-refractivity contribution in [3.63, 3.8) is 0 Å². The first-order valence-corrected chi connectivity index (χ1v) is 6.35. The van der Waals surface area contributed by atoms with Crippen molar-refractivity contribution in [3.8, 4) is 0 Å². The van der Waals surface area contributed by atoms with Crippen LogP contribution in [-0.4, -0.2) is 30.1 Å². The molecule has 0 fully saturated rings. The number of hydrogen-bond acceptors (Lipinski definition) is 4. The van der Waals surface area contributed by atoms with Crippen LogP contribution in [0.25, 0.3) is 0 Å². The lowest BCUT2D eigenvalue weighted by Gasteiger charge is -2.12. The topological polar surface area (TPSA) is 70.2 Å². The fraction of sp³-hybridized carbons (Fsp3) is 0.214. The van der Waals surface area contributed by atoms with Gasteiger partial charge in [-0.25, -0.2) is 19.2 Å². The average Bonchev–Trinajstić information content (AvgIpc) is 2.48. The second-order valence-corrected chi connectivity index (χ2v) is 4.51. The van der Waals surface area contributed by atoms with Gasteiger partial charge in [-0.05, 0) is 18.2 Å². The van der Waals surface area contributed by atoms with E-state index in [-0.39, 0.29) is 12.2 Å². The first-order valence-electron chi connectivity index (χ1n) is 6.35. The van der Waals surface area contributed by atoms with Crippen LogP contribution < -0.4 is 15.5 Å². The van der Waals surface area contributed by atoms with Crippen LogP contribution in [0.1, 0.15) is 5.82 Å². The second-order valence-electron chi connectivity index (χ2n) is 4.51. The SMILES string of the molecule is CN(C)c1ccnc(CNC(=O)Nc2ccccc2F)n1. The summed E-state index contributed by atoms with van der Waals surface area (Å²) in [5, 5.41) is 5.01. The van der Waals surface area contributed by atoms with Gasteiger partial charge < -0.3 is 15.5 Å². The largest absolute Gasteiger partial charge is 0.363 e. The number of rotatable bonds is 4. The molecule has 0 aliphatic carbocycles. The summed E-state index contributed by atoms with van der Waals surface area (Å²) in [6.45, 7) is 0.155. The number of hydrogen-bond donors (Lipinski definition) is 2. The summed E-state index contributed by atoms with van der Waals surface area (Å²) < 4.78 is 13.4. The van der Waals surface area contributed by atoms with Gasteiger partial charge in [0.25, 0.3) is 0 Å². The Morgan fingerprint density at radius 1 is 1.29 bits per heavy atom. The summed E-state index contributed by atoms with van der Waals surface area (Å²) in [5.74, 6) is 0.736. The zero-order valence-electron chi connectivity index (χ0n) is 11.8. The van der Waals surface area contributed by atoms with Crippen molar-refractivity contribution in [1.29, 1.82) is 0 Å². The molecule has 0 radical (unpaired) electrons. The Bertz CT molecular complexity index is 632. The molecular formula is C14H16FN5O. The van der Waals surface area contributed by atoms with E-state index >= 15 is 0 Å². The Labute approximate surface area is 122 Å². The number of nitrogens with zero attached hydrogens (tertiary/aromatic N) is 3. The number of nitrogens with one attached hydrogen (secondary N) is 2.